The Morgan fingerprint density at radius 2 is 1.96 bits per heavy atom. The number of hydrogen-bond donors (Lipinski definition) is 2. The molecule has 2 N–H and O–H groups in total. The van der Waals surface area contributed by atoms with Crippen LogP contribution in [0.15, 0.2) is 40.9 Å². The largest absolute Gasteiger partial charge is 0.361 e. The highest BCUT2D eigenvalue weighted by Gasteiger charge is 2.24. The molecule has 3 aromatic rings. The Kier molecular flexibility index (Phi) is 5.12. The predicted octanol–water partition coefficient (Wildman–Crippen LogP) is 1.65. The van der Waals surface area contributed by atoms with Gasteiger partial charge in [0.25, 0.3) is 11.8 Å². The Bertz CT molecular complexity index is 952. The highest BCUT2D eigenvalue weighted by atomic mass is 16.5. The summed E-state index contributed by atoms with van der Waals surface area (Å²) in [5.74, 6) is 0.433. The first kappa shape index (κ1) is 18.2. The van der Waals surface area contributed by atoms with Crippen LogP contribution >= 0.6 is 0 Å². The SMILES string of the molecule is Cc1cc(C(=O)N2CCN(CCNC(=O)c3cc4ccccc4[nH]3)CC2)no1. The number of benzene rings is 1. The monoisotopic (exact) mass is 381 g/mol. The zero-order valence-corrected chi connectivity index (χ0v) is 15.8. The van der Waals surface area contributed by atoms with E-state index < -0.39 is 0 Å². The number of rotatable bonds is 5. The molecule has 1 saturated heterocycles. The molecule has 0 bridgehead atoms. The summed E-state index contributed by atoms with van der Waals surface area (Å²) in [6.07, 6.45) is 0. The van der Waals surface area contributed by atoms with Crippen LogP contribution in [-0.4, -0.2) is 71.0 Å². The predicted molar refractivity (Wildman–Crippen MR) is 104 cm³/mol. The van der Waals surface area contributed by atoms with Crippen molar-refractivity contribution in [1.29, 1.82) is 0 Å². The summed E-state index contributed by atoms with van der Waals surface area (Å²) in [5.41, 5.74) is 1.88. The number of carbonyl (C=O) groups is 2. The van der Waals surface area contributed by atoms with Gasteiger partial charge in [0.1, 0.15) is 11.5 Å². The van der Waals surface area contributed by atoms with Gasteiger partial charge in [-0.1, -0.05) is 23.4 Å². The zero-order valence-electron chi connectivity index (χ0n) is 15.8. The molecule has 0 unspecified atom stereocenters. The molecule has 0 spiro atoms. The smallest absolute Gasteiger partial charge is 0.276 e. The Hall–Kier alpha value is -3.13. The number of amides is 2. The molecule has 1 fully saturated rings. The lowest BCUT2D eigenvalue weighted by Crippen LogP contribution is -2.50. The summed E-state index contributed by atoms with van der Waals surface area (Å²) in [5, 5.41) is 7.77. The molecule has 0 radical (unpaired) electrons. The van der Waals surface area contributed by atoms with E-state index in [1.165, 1.54) is 0 Å². The average Bonchev–Trinajstić information content (AvgIpc) is 3.34. The van der Waals surface area contributed by atoms with Gasteiger partial charge in [-0.15, -0.1) is 0 Å². The first-order chi connectivity index (χ1) is 13.6. The van der Waals surface area contributed by atoms with E-state index in [9.17, 15) is 9.59 Å². The Morgan fingerprint density at radius 1 is 1.18 bits per heavy atom. The molecule has 3 heterocycles. The Balaban J connectivity index is 1.22. The standard InChI is InChI=1S/C20H23N5O3/c1-14-12-18(23-28-14)20(27)25-10-8-24(9-11-25)7-6-21-19(26)17-13-15-4-2-3-5-16(15)22-17/h2-5,12-13,22H,6-11H2,1H3,(H,21,26). The van der Waals surface area contributed by atoms with Crippen molar-refractivity contribution >= 4 is 22.7 Å². The van der Waals surface area contributed by atoms with Gasteiger partial charge < -0.3 is 19.7 Å². The van der Waals surface area contributed by atoms with E-state index in [2.05, 4.69) is 20.4 Å². The number of nitrogens with zero attached hydrogens (tertiary/aromatic N) is 3. The number of aromatic nitrogens is 2. The van der Waals surface area contributed by atoms with Crippen molar-refractivity contribution in [2.45, 2.75) is 6.92 Å². The van der Waals surface area contributed by atoms with Crippen LogP contribution < -0.4 is 5.32 Å². The summed E-state index contributed by atoms with van der Waals surface area (Å²) in [6, 6.07) is 11.3. The molecule has 4 rings (SSSR count). The van der Waals surface area contributed by atoms with Gasteiger partial charge in [0.05, 0.1) is 0 Å². The van der Waals surface area contributed by atoms with Crippen molar-refractivity contribution < 1.29 is 14.1 Å². The molecule has 0 atom stereocenters. The van der Waals surface area contributed by atoms with Crippen LogP contribution in [0.3, 0.4) is 0 Å². The van der Waals surface area contributed by atoms with Gasteiger partial charge in [-0.3, -0.25) is 14.5 Å². The van der Waals surface area contributed by atoms with E-state index in [4.69, 9.17) is 4.52 Å². The van der Waals surface area contributed by atoms with Crippen LogP contribution in [0.1, 0.15) is 26.7 Å². The minimum Gasteiger partial charge on any atom is -0.361 e. The second kappa shape index (κ2) is 7.85. The minimum atomic E-state index is -0.105. The molecule has 8 heteroatoms. The topological polar surface area (TPSA) is 94.5 Å². The van der Waals surface area contributed by atoms with Gasteiger partial charge in [-0.05, 0) is 19.1 Å². The molecule has 2 amide bonds. The molecule has 1 aromatic carbocycles. The number of aromatic amines is 1. The number of aryl methyl sites for hydroxylation is 1. The lowest BCUT2D eigenvalue weighted by Gasteiger charge is -2.34. The van der Waals surface area contributed by atoms with E-state index in [1.54, 1.807) is 17.9 Å². The molecular weight excluding hydrogens is 358 g/mol. The maximum Gasteiger partial charge on any atom is 0.276 e. The van der Waals surface area contributed by atoms with Gasteiger partial charge in [0.2, 0.25) is 0 Å². The third kappa shape index (κ3) is 3.91. The molecule has 2 aromatic heterocycles. The van der Waals surface area contributed by atoms with E-state index in [0.717, 1.165) is 30.5 Å². The second-order valence-corrected chi connectivity index (χ2v) is 6.98. The number of nitrogens with one attached hydrogen (secondary N) is 2. The van der Waals surface area contributed by atoms with Gasteiger partial charge in [0.15, 0.2) is 5.69 Å². The third-order valence-corrected chi connectivity index (χ3v) is 4.99. The van der Waals surface area contributed by atoms with Gasteiger partial charge >= 0.3 is 0 Å². The number of hydrogen-bond acceptors (Lipinski definition) is 5. The Labute approximate surface area is 162 Å². The maximum atomic E-state index is 12.4. The van der Waals surface area contributed by atoms with E-state index in [-0.39, 0.29) is 11.8 Å². The number of H-pyrrole nitrogens is 1. The molecule has 0 aliphatic carbocycles. The zero-order chi connectivity index (χ0) is 19.5. The summed E-state index contributed by atoms with van der Waals surface area (Å²) >= 11 is 0. The lowest BCUT2D eigenvalue weighted by molar-refractivity contribution is 0.0628. The van der Waals surface area contributed by atoms with Crippen LogP contribution in [0, 0.1) is 6.92 Å². The van der Waals surface area contributed by atoms with Crippen LogP contribution in [0.4, 0.5) is 0 Å². The molecule has 146 valence electrons. The van der Waals surface area contributed by atoms with Crippen molar-refractivity contribution in [3.8, 4) is 0 Å². The fraction of sp³-hybridized carbons (Fsp3) is 0.350. The number of carbonyl (C=O) groups excluding carboxylic acids is 2. The second-order valence-electron chi connectivity index (χ2n) is 6.98. The summed E-state index contributed by atoms with van der Waals surface area (Å²) in [4.78, 5) is 31.9. The first-order valence-corrected chi connectivity index (χ1v) is 9.41. The van der Waals surface area contributed by atoms with E-state index in [1.807, 2.05) is 30.3 Å². The number of para-hydroxylation sites is 1. The van der Waals surface area contributed by atoms with Gasteiger partial charge in [-0.25, -0.2) is 0 Å². The molecule has 1 aliphatic heterocycles. The fourth-order valence-corrected chi connectivity index (χ4v) is 3.42. The van der Waals surface area contributed by atoms with Crippen molar-refractivity contribution in [2.75, 3.05) is 39.3 Å². The van der Waals surface area contributed by atoms with Crippen LogP contribution in [0.5, 0.6) is 0 Å². The number of fused-ring (bicyclic) bond motifs is 1. The molecular formula is C20H23N5O3. The number of piperazine rings is 1. The van der Waals surface area contributed by atoms with Crippen molar-refractivity contribution in [2.24, 2.45) is 0 Å². The quantitative estimate of drug-likeness (QED) is 0.701. The normalized spacial score (nSPS) is 15.1. The minimum absolute atomic E-state index is 0.0939. The first-order valence-electron chi connectivity index (χ1n) is 9.41. The van der Waals surface area contributed by atoms with Crippen molar-refractivity contribution in [3.05, 3.63) is 53.5 Å². The molecule has 8 nitrogen and oxygen atoms in total. The Morgan fingerprint density at radius 3 is 2.68 bits per heavy atom. The molecule has 28 heavy (non-hydrogen) atoms. The molecule has 1 aliphatic rings. The fourth-order valence-electron chi connectivity index (χ4n) is 3.42. The summed E-state index contributed by atoms with van der Waals surface area (Å²) in [7, 11) is 0. The van der Waals surface area contributed by atoms with Gasteiger partial charge in [-0.2, -0.15) is 0 Å². The van der Waals surface area contributed by atoms with Crippen LogP contribution in [-0.2, 0) is 0 Å². The van der Waals surface area contributed by atoms with Crippen LogP contribution in [0.2, 0.25) is 0 Å². The van der Waals surface area contributed by atoms with Crippen molar-refractivity contribution in [1.82, 2.24) is 25.3 Å². The highest BCUT2D eigenvalue weighted by molar-refractivity contribution is 5.98. The van der Waals surface area contributed by atoms with Crippen LogP contribution in [0.25, 0.3) is 10.9 Å². The van der Waals surface area contributed by atoms with E-state index in [0.29, 0.717) is 36.8 Å². The highest BCUT2D eigenvalue weighted by Crippen LogP contribution is 2.14. The van der Waals surface area contributed by atoms with E-state index >= 15 is 0 Å². The molecule has 0 saturated carbocycles. The maximum absolute atomic E-state index is 12.4. The third-order valence-electron chi connectivity index (χ3n) is 4.99. The van der Waals surface area contributed by atoms with Gasteiger partial charge in [0, 0.05) is 56.2 Å². The van der Waals surface area contributed by atoms with Crippen molar-refractivity contribution in [3.63, 3.8) is 0 Å². The average molecular weight is 381 g/mol. The summed E-state index contributed by atoms with van der Waals surface area (Å²) in [6.45, 7) is 5.89. The summed E-state index contributed by atoms with van der Waals surface area (Å²) < 4.78 is 4.98. The lowest BCUT2D eigenvalue weighted by atomic mass is 10.2.